The van der Waals surface area contributed by atoms with Gasteiger partial charge >= 0.3 is 11.9 Å². The number of carboxylic acid groups (broad SMARTS) is 2. The van der Waals surface area contributed by atoms with Crippen LogP contribution in [0.3, 0.4) is 0 Å². The summed E-state index contributed by atoms with van der Waals surface area (Å²) in [4.78, 5) is 36.8. The first kappa shape index (κ1) is 25.0. The van der Waals surface area contributed by atoms with Crippen LogP contribution in [-0.4, -0.2) is 52.6 Å². The second kappa shape index (κ2) is 11.4. The summed E-state index contributed by atoms with van der Waals surface area (Å²) in [6, 6.07) is 20.6. The van der Waals surface area contributed by atoms with E-state index in [0.717, 1.165) is 22.3 Å². The number of halogens is 1. The lowest BCUT2D eigenvalue weighted by atomic mass is 9.99. The first-order chi connectivity index (χ1) is 16.2. The largest absolute Gasteiger partial charge is 0.480 e. The van der Waals surface area contributed by atoms with Crippen molar-refractivity contribution in [3.63, 3.8) is 0 Å². The maximum Gasteiger partial charge on any atom is 0.326 e. The Morgan fingerprint density at radius 3 is 2.26 bits per heavy atom. The third-order valence-electron chi connectivity index (χ3n) is 5.23. The molecule has 3 rings (SSSR count). The van der Waals surface area contributed by atoms with E-state index in [0.29, 0.717) is 6.54 Å². The van der Waals surface area contributed by atoms with Gasteiger partial charge in [0.2, 0.25) is 0 Å². The van der Waals surface area contributed by atoms with E-state index < -0.39 is 23.9 Å². The number of rotatable bonds is 10. The van der Waals surface area contributed by atoms with Gasteiger partial charge in [-0.25, -0.2) is 4.79 Å². The van der Waals surface area contributed by atoms with Gasteiger partial charge in [-0.1, -0.05) is 66.2 Å². The summed E-state index contributed by atoms with van der Waals surface area (Å²) in [6.07, 6.45) is 0.117. The van der Waals surface area contributed by atoms with Gasteiger partial charge in [-0.2, -0.15) is 0 Å². The number of amides is 1. The number of carbonyl (C=O) groups is 3. The molecule has 0 spiro atoms. The fraction of sp³-hybridized carbons (Fsp3) is 0.192. The highest BCUT2D eigenvalue weighted by Gasteiger charge is 2.22. The zero-order chi connectivity index (χ0) is 24.7. The van der Waals surface area contributed by atoms with Gasteiger partial charge in [0.25, 0.3) is 5.91 Å². The Balaban J connectivity index is 1.69. The number of nitrogens with one attached hydrogen (secondary N) is 1. The normalized spacial score (nSPS) is 11.7. The summed E-state index contributed by atoms with van der Waals surface area (Å²) >= 11 is 6.04. The molecule has 0 aliphatic carbocycles. The minimum absolute atomic E-state index is 0.0450. The number of nitrogens with zero attached hydrogens (tertiary/aromatic N) is 1. The van der Waals surface area contributed by atoms with Crippen LogP contribution in [0.2, 0.25) is 5.02 Å². The molecular formula is C26H25ClN2O5. The van der Waals surface area contributed by atoms with Gasteiger partial charge < -0.3 is 15.5 Å². The maximum absolute atomic E-state index is 12.5. The van der Waals surface area contributed by atoms with Crippen LogP contribution in [-0.2, 0) is 22.6 Å². The SMILES string of the molecule is CN(CC(=O)O)Cc1cccc(-c2ccc(CC(NC(=O)c3ccccc3Cl)C(=O)O)cc2)c1. The average Bonchev–Trinajstić information content (AvgIpc) is 2.79. The highest BCUT2D eigenvalue weighted by Crippen LogP contribution is 2.22. The van der Waals surface area contributed by atoms with E-state index in [1.54, 1.807) is 36.2 Å². The minimum Gasteiger partial charge on any atom is -0.480 e. The number of carboxylic acids is 2. The number of carbonyl (C=O) groups excluding carboxylic acids is 1. The molecule has 0 aliphatic rings. The second-order valence-electron chi connectivity index (χ2n) is 8.01. The number of likely N-dealkylation sites (N-methyl/N-ethyl adjacent to an activating group) is 1. The monoisotopic (exact) mass is 480 g/mol. The molecule has 7 nitrogen and oxygen atoms in total. The van der Waals surface area contributed by atoms with Crippen molar-refractivity contribution in [3.8, 4) is 11.1 Å². The molecule has 0 saturated heterocycles. The van der Waals surface area contributed by atoms with Crippen LogP contribution in [0.4, 0.5) is 0 Å². The fourth-order valence-electron chi connectivity index (χ4n) is 3.60. The van der Waals surface area contributed by atoms with E-state index >= 15 is 0 Å². The molecule has 0 fully saturated rings. The van der Waals surface area contributed by atoms with Gasteiger partial charge in [0, 0.05) is 13.0 Å². The van der Waals surface area contributed by atoms with E-state index in [9.17, 15) is 19.5 Å². The molecule has 176 valence electrons. The summed E-state index contributed by atoms with van der Waals surface area (Å²) in [5, 5.41) is 21.3. The van der Waals surface area contributed by atoms with Crippen molar-refractivity contribution in [2.24, 2.45) is 0 Å². The predicted molar refractivity (Wildman–Crippen MR) is 130 cm³/mol. The van der Waals surface area contributed by atoms with Crippen molar-refractivity contribution in [2.75, 3.05) is 13.6 Å². The van der Waals surface area contributed by atoms with Crippen molar-refractivity contribution < 1.29 is 24.6 Å². The molecule has 3 aromatic rings. The Kier molecular flexibility index (Phi) is 8.40. The Bertz CT molecular complexity index is 1180. The van der Waals surface area contributed by atoms with Crippen molar-refractivity contribution in [2.45, 2.75) is 19.0 Å². The summed E-state index contributed by atoms with van der Waals surface area (Å²) in [5.41, 5.74) is 3.87. The van der Waals surface area contributed by atoms with Gasteiger partial charge in [-0.05, 0) is 47.5 Å². The zero-order valence-corrected chi connectivity index (χ0v) is 19.3. The van der Waals surface area contributed by atoms with Gasteiger partial charge in [0.1, 0.15) is 6.04 Å². The van der Waals surface area contributed by atoms with E-state index in [1.807, 2.05) is 48.5 Å². The standard InChI is InChI=1S/C26H25ClN2O5/c1-29(16-24(30)31)15-18-5-4-6-20(13-18)19-11-9-17(10-12-19)14-23(26(33)34)28-25(32)21-7-2-3-8-22(21)27/h2-13,23H,14-16H2,1H3,(H,28,32)(H,30,31)(H,33,34). The van der Waals surface area contributed by atoms with Crippen LogP contribution >= 0.6 is 11.6 Å². The van der Waals surface area contributed by atoms with Crippen molar-refractivity contribution in [1.82, 2.24) is 10.2 Å². The highest BCUT2D eigenvalue weighted by atomic mass is 35.5. The fourth-order valence-corrected chi connectivity index (χ4v) is 3.82. The molecule has 0 saturated carbocycles. The molecule has 0 aliphatic heterocycles. The minimum atomic E-state index is -1.14. The molecule has 1 amide bonds. The zero-order valence-electron chi connectivity index (χ0n) is 18.6. The lowest BCUT2D eigenvalue weighted by Crippen LogP contribution is -2.42. The predicted octanol–water partition coefficient (Wildman–Crippen LogP) is 3.95. The summed E-state index contributed by atoms with van der Waals surface area (Å²) in [7, 11) is 1.75. The van der Waals surface area contributed by atoms with Crippen LogP contribution in [0.1, 0.15) is 21.5 Å². The van der Waals surface area contributed by atoms with Crippen LogP contribution in [0.5, 0.6) is 0 Å². The van der Waals surface area contributed by atoms with Gasteiger partial charge in [0.05, 0.1) is 17.1 Å². The lowest BCUT2D eigenvalue weighted by Gasteiger charge is -2.16. The second-order valence-corrected chi connectivity index (χ2v) is 8.42. The Morgan fingerprint density at radius 2 is 1.62 bits per heavy atom. The van der Waals surface area contributed by atoms with Gasteiger partial charge in [0.15, 0.2) is 0 Å². The number of hydrogen-bond acceptors (Lipinski definition) is 4. The smallest absolute Gasteiger partial charge is 0.326 e. The Hall–Kier alpha value is -3.68. The van der Waals surface area contributed by atoms with Crippen molar-refractivity contribution in [1.29, 1.82) is 0 Å². The highest BCUT2D eigenvalue weighted by molar-refractivity contribution is 6.33. The number of aliphatic carboxylic acids is 2. The van der Waals surface area contributed by atoms with Crippen LogP contribution in [0, 0.1) is 0 Å². The molecule has 3 N–H and O–H groups in total. The van der Waals surface area contributed by atoms with Crippen LogP contribution in [0.25, 0.3) is 11.1 Å². The molecule has 8 heteroatoms. The van der Waals surface area contributed by atoms with Crippen molar-refractivity contribution in [3.05, 3.63) is 94.5 Å². The van der Waals surface area contributed by atoms with Crippen molar-refractivity contribution >= 4 is 29.4 Å². The van der Waals surface area contributed by atoms with Gasteiger partial charge in [-0.3, -0.25) is 14.5 Å². The Labute approximate surface area is 202 Å². The van der Waals surface area contributed by atoms with E-state index in [-0.39, 0.29) is 23.6 Å². The molecule has 0 radical (unpaired) electrons. The topological polar surface area (TPSA) is 107 Å². The van der Waals surface area contributed by atoms with E-state index in [2.05, 4.69) is 5.32 Å². The molecule has 0 heterocycles. The molecule has 1 unspecified atom stereocenters. The average molecular weight is 481 g/mol. The summed E-state index contributed by atoms with van der Waals surface area (Å²) in [5.74, 6) is -2.56. The van der Waals surface area contributed by atoms with E-state index in [4.69, 9.17) is 16.7 Å². The van der Waals surface area contributed by atoms with E-state index in [1.165, 1.54) is 0 Å². The molecule has 0 bridgehead atoms. The first-order valence-electron chi connectivity index (χ1n) is 10.6. The first-order valence-corrected chi connectivity index (χ1v) is 11.0. The molecule has 34 heavy (non-hydrogen) atoms. The molecule has 0 aromatic heterocycles. The Morgan fingerprint density at radius 1 is 0.912 bits per heavy atom. The van der Waals surface area contributed by atoms with Crippen LogP contribution < -0.4 is 5.32 Å². The number of benzene rings is 3. The maximum atomic E-state index is 12.5. The molecular weight excluding hydrogens is 456 g/mol. The molecule has 3 aromatic carbocycles. The lowest BCUT2D eigenvalue weighted by molar-refractivity contribution is -0.139. The summed E-state index contributed by atoms with van der Waals surface area (Å²) in [6.45, 7) is 0.459. The quantitative estimate of drug-likeness (QED) is 0.405. The number of hydrogen-bond donors (Lipinski definition) is 3. The van der Waals surface area contributed by atoms with Gasteiger partial charge in [-0.15, -0.1) is 0 Å². The third-order valence-corrected chi connectivity index (χ3v) is 5.56. The molecule has 1 atom stereocenters. The third kappa shape index (κ3) is 6.91. The summed E-state index contributed by atoms with van der Waals surface area (Å²) < 4.78 is 0. The van der Waals surface area contributed by atoms with Crippen LogP contribution in [0.15, 0.2) is 72.8 Å².